The van der Waals surface area contributed by atoms with Gasteiger partial charge in [0.25, 0.3) is 0 Å². The highest BCUT2D eigenvalue weighted by atomic mass is 79.9. The second kappa shape index (κ2) is 7.40. The summed E-state index contributed by atoms with van der Waals surface area (Å²) in [5, 5.41) is 11.2. The number of carbonyl (C=O) groups excluding carboxylic acids is 1. The summed E-state index contributed by atoms with van der Waals surface area (Å²) < 4.78 is 14.2. The van der Waals surface area contributed by atoms with E-state index in [1.165, 1.54) is 6.07 Å². The summed E-state index contributed by atoms with van der Waals surface area (Å²) in [6, 6.07) is 4.74. The van der Waals surface area contributed by atoms with Gasteiger partial charge in [-0.25, -0.2) is 4.39 Å². The molecule has 0 aromatic heterocycles. The van der Waals surface area contributed by atoms with Crippen LogP contribution in [0.15, 0.2) is 22.7 Å². The topological polar surface area (TPSA) is 49.3 Å². The van der Waals surface area contributed by atoms with Gasteiger partial charge in [0, 0.05) is 24.0 Å². The number of hydrogen-bond acceptors (Lipinski definition) is 2. The van der Waals surface area contributed by atoms with Gasteiger partial charge in [-0.05, 0) is 36.6 Å². The fraction of sp³-hybridized carbons (Fsp3) is 0.417. The number of amides is 1. The fourth-order valence-electron chi connectivity index (χ4n) is 1.40. The van der Waals surface area contributed by atoms with Crippen LogP contribution < -0.4 is 5.32 Å². The molecule has 0 heterocycles. The van der Waals surface area contributed by atoms with Gasteiger partial charge in [0.1, 0.15) is 5.82 Å². The first-order chi connectivity index (χ1) is 8.13. The maximum absolute atomic E-state index is 13.3. The minimum absolute atomic E-state index is 0.00762. The van der Waals surface area contributed by atoms with Gasteiger partial charge in [-0.2, -0.15) is 0 Å². The number of halogens is 2. The Hall–Kier alpha value is -0.940. The fourth-order valence-corrected chi connectivity index (χ4v) is 1.81. The van der Waals surface area contributed by atoms with Crippen molar-refractivity contribution in [3.05, 3.63) is 34.1 Å². The number of rotatable bonds is 6. The van der Waals surface area contributed by atoms with E-state index in [2.05, 4.69) is 21.2 Å². The van der Waals surface area contributed by atoms with Crippen LogP contribution in [0.3, 0.4) is 0 Å². The molecule has 17 heavy (non-hydrogen) atoms. The van der Waals surface area contributed by atoms with Crippen LogP contribution in [0.2, 0.25) is 0 Å². The van der Waals surface area contributed by atoms with Gasteiger partial charge in [-0.1, -0.05) is 15.9 Å². The third-order valence-electron chi connectivity index (χ3n) is 2.29. The van der Waals surface area contributed by atoms with E-state index in [-0.39, 0.29) is 18.3 Å². The molecule has 5 heteroatoms. The molecule has 2 N–H and O–H groups in total. The SMILES string of the molecule is O=C(CCCO)NCCc1cc(Br)ccc1F. The monoisotopic (exact) mass is 303 g/mol. The molecule has 1 rings (SSSR count). The van der Waals surface area contributed by atoms with Gasteiger partial charge in [0.15, 0.2) is 0 Å². The van der Waals surface area contributed by atoms with E-state index in [1.807, 2.05) is 0 Å². The first-order valence-corrected chi connectivity index (χ1v) is 6.24. The molecule has 0 radical (unpaired) electrons. The minimum Gasteiger partial charge on any atom is -0.396 e. The Morgan fingerprint density at radius 3 is 2.94 bits per heavy atom. The predicted octanol–water partition coefficient (Wildman–Crippen LogP) is 2.02. The van der Waals surface area contributed by atoms with E-state index in [1.54, 1.807) is 12.1 Å². The molecule has 0 aliphatic carbocycles. The Morgan fingerprint density at radius 2 is 2.24 bits per heavy atom. The molecule has 0 fully saturated rings. The molecule has 94 valence electrons. The van der Waals surface area contributed by atoms with Crippen molar-refractivity contribution in [3.63, 3.8) is 0 Å². The van der Waals surface area contributed by atoms with E-state index in [0.717, 1.165) is 4.47 Å². The third-order valence-corrected chi connectivity index (χ3v) is 2.78. The van der Waals surface area contributed by atoms with E-state index in [4.69, 9.17) is 5.11 Å². The Morgan fingerprint density at radius 1 is 1.47 bits per heavy atom. The standard InChI is InChI=1S/C12H15BrFNO2/c13-10-3-4-11(14)9(8-10)5-6-15-12(17)2-1-7-16/h3-4,8,16H,1-2,5-7H2,(H,15,17). The molecule has 0 saturated carbocycles. The average molecular weight is 304 g/mol. The lowest BCUT2D eigenvalue weighted by Crippen LogP contribution is -2.25. The smallest absolute Gasteiger partial charge is 0.220 e. The van der Waals surface area contributed by atoms with Crippen LogP contribution in [0.4, 0.5) is 4.39 Å². The number of aliphatic hydroxyl groups excluding tert-OH is 1. The molecule has 0 unspecified atom stereocenters. The van der Waals surface area contributed by atoms with Crippen molar-refractivity contribution in [1.82, 2.24) is 5.32 Å². The van der Waals surface area contributed by atoms with Gasteiger partial charge in [0.05, 0.1) is 0 Å². The van der Waals surface area contributed by atoms with E-state index < -0.39 is 0 Å². The van der Waals surface area contributed by atoms with Crippen LogP contribution >= 0.6 is 15.9 Å². The lowest BCUT2D eigenvalue weighted by atomic mass is 10.1. The van der Waals surface area contributed by atoms with E-state index in [9.17, 15) is 9.18 Å². The summed E-state index contributed by atoms with van der Waals surface area (Å²) in [4.78, 5) is 11.2. The van der Waals surface area contributed by atoms with Crippen LogP contribution in [-0.4, -0.2) is 24.2 Å². The van der Waals surface area contributed by atoms with Crippen LogP contribution in [0.25, 0.3) is 0 Å². The molecular formula is C12H15BrFNO2. The van der Waals surface area contributed by atoms with Crippen molar-refractivity contribution in [1.29, 1.82) is 0 Å². The molecule has 1 amide bonds. The Labute approximate surface area is 108 Å². The number of benzene rings is 1. The number of carbonyl (C=O) groups is 1. The van der Waals surface area contributed by atoms with Crippen molar-refractivity contribution < 1.29 is 14.3 Å². The summed E-state index contributed by atoms with van der Waals surface area (Å²) in [5.41, 5.74) is 0.571. The zero-order valence-electron chi connectivity index (χ0n) is 9.38. The quantitative estimate of drug-likeness (QED) is 0.845. The summed E-state index contributed by atoms with van der Waals surface area (Å²) in [7, 11) is 0. The molecule has 0 bridgehead atoms. The summed E-state index contributed by atoms with van der Waals surface area (Å²) in [6.45, 7) is 0.408. The van der Waals surface area contributed by atoms with Crippen molar-refractivity contribution in [2.24, 2.45) is 0 Å². The molecule has 1 aromatic rings. The molecule has 0 saturated heterocycles. The van der Waals surface area contributed by atoms with Crippen LogP contribution in [0.5, 0.6) is 0 Å². The Bertz CT molecular complexity index is 385. The van der Waals surface area contributed by atoms with E-state index >= 15 is 0 Å². The molecule has 0 spiro atoms. The Balaban J connectivity index is 2.35. The first-order valence-electron chi connectivity index (χ1n) is 5.45. The van der Waals surface area contributed by atoms with Gasteiger partial charge in [0.2, 0.25) is 5.91 Å². The van der Waals surface area contributed by atoms with Crippen molar-refractivity contribution in [3.8, 4) is 0 Å². The number of hydrogen-bond donors (Lipinski definition) is 2. The Kier molecular flexibility index (Phi) is 6.15. The average Bonchev–Trinajstić information content (AvgIpc) is 2.31. The van der Waals surface area contributed by atoms with Gasteiger partial charge >= 0.3 is 0 Å². The highest BCUT2D eigenvalue weighted by Gasteiger charge is 2.04. The maximum atomic E-state index is 13.3. The normalized spacial score (nSPS) is 10.3. The number of nitrogens with one attached hydrogen (secondary N) is 1. The summed E-state index contributed by atoms with van der Waals surface area (Å²) in [6.07, 6.45) is 1.21. The zero-order valence-corrected chi connectivity index (χ0v) is 11.0. The molecule has 0 aliphatic heterocycles. The number of aliphatic hydroxyl groups is 1. The lowest BCUT2D eigenvalue weighted by Gasteiger charge is -2.06. The van der Waals surface area contributed by atoms with Gasteiger partial charge in [-0.3, -0.25) is 4.79 Å². The molecule has 0 atom stereocenters. The molecular weight excluding hydrogens is 289 g/mol. The van der Waals surface area contributed by atoms with Crippen LogP contribution in [0.1, 0.15) is 18.4 Å². The highest BCUT2D eigenvalue weighted by molar-refractivity contribution is 9.10. The maximum Gasteiger partial charge on any atom is 0.220 e. The second-order valence-corrected chi connectivity index (χ2v) is 4.58. The molecule has 3 nitrogen and oxygen atoms in total. The van der Waals surface area contributed by atoms with Gasteiger partial charge in [-0.15, -0.1) is 0 Å². The summed E-state index contributed by atoms with van der Waals surface area (Å²) >= 11 is 3.27. The minimum atomic E-state index is -0.266. The summed E-state index contributed by atoms with van der Waals surface area (Å²) in [5.74, 6) is -0.382. The van der Waals surface area contributed by atoms with Crippen LogP contribution in [-0.2, 0) is 11.2 Å². The largest absolute Gasteiger partial charge is 0.396 e. The van der Waals surface area contributed by atoms with Gasteiger partial charge < -0.3 is 10.4 Å². The third kappa shape index (κ3) is 5.28. The molecule has 1 aromatic carbocycles. The zero-order chi connectivity index (χ0) is 12.7. The van der Waals surface area contributed by atoms with Crippen LogP contribution in [0, 0.1) is 5.82 Å². The van der Waals surface area contributed by atoms with Crippen molar-refractivity contribution in [2.75, 3.05) is 13.2 Å². The lowest BCUT2D eigenvalue weighted by molar-refractivity contribution is -0.121. The molecule has 0 aliphatic rings. The first kappa shape index (κ1) is 14.1. The van der Waals surface area contributed by atoms with Crippen molar-refractivity contribution in [2.45, 2.75) is 19.3 Å². The van der Waals surface area contributed by atoms with Crippen molar-refractivity contribution >= 4 is 21.8 Å². The van der Waals surface area contributed by atoms with E-state index in [0.29, 0.717) is 31.4 Å². The predicted molar refractivity (Wildman–Crippen MR) is 67.1 cm³/mol. The second-order valence-electron chi connectivity index (χ2n) is 3.66. The highest BCUT2D eigenvalue weighted by Crippen LogP contribution is 2.15.